The molecule has 0 atom stereocenters. The lowest BCUT2D eigenvalue weighted by molar-refractivity contribution is 0.199. The molecule has 0 bridgehead atoms. The summed E-state index contributed by atoms with van der Waals surface area (Å²) in [5, 5.41) is 3.44. The standard InChI is InChI=1S/C25H32N6O/c1-18-5-4-6-25(29-18)30-22-13-19(2)28-23(14-22)21-7-10-31(11-8-21)17-20-15-26-24(27-16-20)9-12-32-3/h4-6,13-16,21H,7-12,17H2,1-3H3,(H,28,29,30). The van der Waals surface area contributed by atoms with Gasteiger partial charge in [-0.15, -0.1) is 0 Å². The zero-order valence-corrected chi connectivity index (χ0v) is 19.2. The molecule has 0 amide bonds. The van der Waals surface area contributed by atoms with E-state index in [2.05, 4.69) is 44.2 Å². The third-order valence-corrected chi connectivity index (χ3v) is 5.83. The summed E-state index contributed by atoms with van der Waals surface area (Å²) in [4.78, 5) is 20.8. The maximum absolute atomic E-state index is 5.09. The molecule has 3 aromatic heterocycles. The van der Waals surface area contributed by atoms with Gasteiger partial charge in [0.05, 0.1) is 6.61 Å². The number of anilines is 2. The summed E-state index contributed by atoms with van der Waals surface area (Å²) in [6.45, 7) is 7.71. The van der Waals surface area contributed by atoms with Crippen LogP contribution < -0.4 is 5.32 Å². The van der Waals surface area contributed by atoms with Gasteiger partial charge in [-0.3, -0.25) is 9.88 Å². The van der Waals surface area contributed by atoms with Crippen molar-refractivity contribution in [3.05, 3.63) is 71.2 Å². The van der Waals surface area contributed by atoms with Crippen LogP contribution in [0.4, 0.5) is 11.5 Å². The third kappa shape index (κ3) is 6.08. The second-order valence-electron chi connectivity index (χ2n) is 8.51. The number of piperidine rings is 1. The number of hydrogen-bond donors (Lipinski definition) is 1. The fourth-order valence-corrected chi connectivity index (χ4v) is 4.17. The minimum absolute atomic E-state index is 0.477. The summed E-state index contributed by atoms with van der Waals surface area (Å²) in [5.74, 6) is 2.18. The van der Waals surface area contributed by atoms with Crippen LogP contribution in [-0.4, -0.2) is 51.6 Å². The Morgan fingerprint density at radius 1 is 1.03 bits per heavy atom. The van der Waals surface area contributed by atoms with Crippen molar-refractivity contribution in [2.24, 2.45) is 0 Å². The first-order valence-electron chi connectivity index (χ1n) is 11.3. The molecule has 168 valence electrons. The van der Waals surface area contributed by atoms with Gasteiger partial charge in [-0.05, 0) is 64.0 Å². The fraction of sp³-hybridized carbons (Fsp3) is 0.440. The molecule has 7 nitrogen and oxygen atoms in total. The molecule has 32 heavy (non-hydrogen) atoms. The summed E-state index contributed by atoms with van der Waals surface area (Å²) in [5.41, 5.74) is 5.42. The monoisotopic (exact) mass is 432 g/mol. The molecule has 4 heterocycles. The van der Waals surface area contributed by atoms with E-state index < -0.39 is 0 Å². The molecule has 0 aromatic carbocycles. The summed E-state index contributed by atoms with van der Waals surface area (Å²) in [6.07, 6.45) is 6.85. The molecule has 1 aliphatic heterocycles. The van der Waals surface area contributed by atoms with E-state index in [1.165, 1.54) is 5.69 Å². The number of hydrogen-bond acceptors (Lipinski definition) is 7. The Kier molecular flexibility index (Phi) is 7.39. The van der Waals surface area contributed by atoms with Crippen LogP contribution in [0, 0.1) is 13.8 Å². The van der Waals surface area contributed by atoms with Gasteiger partial charge < -0.3 is 10.1 Å². The fourth-order valence-electron chi connectivity index (χ4n) is 4.17. The molecule has 0 unspecified atom stereocenters. The zero-order valence-electron chi connectivity index (χ0n) is 19.2. The Hall–Kier alpha value is -2.90. The molecule has 1 N–H and O–H groups in total. The average molecular weight is 433 g/mol. The summed E-state index contributed by atoms with van der Waals surface area (Å²) in [6, 6.07) is 10.3. The van der Waals surface area contributed by atoms with Gasteiger partial charge in [0, 0.05) is 66.7 Å². The first kappa shape index (κ1) is 22.3. The Bertz CT molecular complexity index is 1020. The predicted octanol–water partition coefficient (Wildman–Crippen LogP) is 4.20. The van der Waals surface area contributed by atoms with Gasteiger partial charge in [-0.2, -0.15) is 0 Å². The van der Waals surface area contributed by atoms with E-state index in [0.717, 1.165) is 73.2 Å². The average Bonchev–Trinajstić information content (AvgIpc) is 2.79. The Labute approximate surface area is 190 Å². The normalized spacial score (nSPS) is 15.1. The van der Waals surface area contributed by atoms with E-state index in [1.807, 2.05) is 37.5 Å². The quantitative estimate of drug-likeness (QED) is 0.572. The Balaban J connectivity index is 1.34. The molecule has 4 rings (SSSR count). The van der Waals surface area contributed by atoms with Crippen molar-refractivity contribution in [2.75, 3.05) is 32.1 Å². The summed E-state index contributed by atoms with van der Waals surface area (Å²) < 4.78 is 5.09. The van der Waals surface area contributed by atoms with Crippen LogP contribution in [0.5, 0.6) is 0 Å². The van der Waals surface area contributed by atoms with Gasteiger partial charge in [0.15, 0.2) is 0 Å². The molecule has 0 saturated carbocycles. The molecular weight excluding hydrogens is 400 g/mol. The van der Waals surface area contributed by atoms with Crippen molar-refractivity contribution in [3.63, 3.8) is 0 Å². The van der Waals surface area contributed by atoms with Crippen LogP contribution in [0.1, 0.15) is 47.2 Å². The number of ether oxygens (including phenoxy) is 1. The van der Waals surface area contributed by atoms with Crippen molar-refractivity contribution in [1.82, 2.24) is 24.8 Å². The number of likely N-dealkylation sites (tertiary alicyclic amines) is 1. The summed E-state index contributed by atoms with van der Waals surface area (Å²) >= 11 is 0. The number of nitrogens with zero attached hydrogens (tertiary/aromatic N) is 5. The number of methoxy groups -OCH3 is 1. The van der Waals surface area contributed by atoms with Crippen LogP contribution in [0.15, 0.2) is 42.7 Å². The first-order valence-corrected chi connectivity index (χ1v) is 11.3. The van der Waals surface area contributed by atoms with Crippen molar-refractivity contribution in [1.29, 1.82) is 0 Å². The minimum atomic E-state index is 0.477. The molecule has 0 radical (unpaired) electrons. The van der Waals surface area contributed by atoms with Crippen LogP contribution in [-0.2, 0) is 17.7 Å². The van der Waals surface area contributed by atoms with Crippen LogP contribution in [0.2, 0.25) is 0 Å². The van der Waals surface area contributed by atoms with Gasteiger partial charge in [-0.25, -0.2) is 15.0 Å². The van der Waals surface area contributed by atoms with Crippen LogP contribution >= 0.6 is 0 Å². The van der Waals surface area contributed by atoms with Crippen molar-refractivity contribution in [3.8, 4) is 0 Å². The van der Waals surface area contributed by atoms with E-state index >= 15 is 0 Å². The molecule has 0 spiro atoms. The van der Waals surface area contributed by atoms with Gasteiger partial charge in [-0.1, -0.05) is 6.07 Å². The topological polar surface area (TPSA) is 76.1 Å². The van der Waals surface area contributed by atoms with E-state index in [4.69, 9.17) is 9.72 Å². The molecule has 0 aliphatic carbocycles. The predicted molar refractivity (Wildman–Crippen MR) is 126 cm³/mol. The van der Waals surface area contributed by atoms with Crippen molar-refractivity contribution in [2.45, 2.75) is 45.6 Å². The SMILES string of the molecule is COCCc1ncc(CN2CCC(c3cc(Nc4cccc(C)n4)cc(C)n3)CC2)cn1. The molecule has 1 aliphatic rings. The zero-order chi connectivity index (χ0) is 22.3. The van der Waals surface area contributed by atoms with E-state index in [-0.39, 0.29) is 0 Å². The van der Waals surface area contributed by atoms with E-state index in [1.54, 1.807) is 7.11 Å². The van der Waals surface area contributed by atoms with Gasteiger partial charge in [0.25, 0.3) is 0 Å². The molecule has 3 aromatic rings. The lowest BCUT2D eigenvalue weighted by atomic mass is 9.92. The molecule has 1 fully saturated rings. The van der Waals surface area contributed by atoms with Crippen molar-refractivity contribution >= 4 is 11.5 Å². The van der Waals surface area contributed by atoms with Gasteiger partial charge >= 0.3 is 0 Å². The second-order valence-corrected chi connectivity index (χ2v) is 8.51. The van der Waals surface area contributed by atoms with E-state index in [9.17, 15) is 0 Å². The van der Waals surface area contributed by atoms with Crippen LogP contribution in [0.25, 0.3) is 0 Å². The number of aromatic nitrogens is 4. The maximum Gasteiger partial charge on any atom is 0.130 e. The lowest BCUT2D eigenvalue weighted by Gasteiger charge is -2.31. The van der Waals surface area contributed by atoms with Crippen LogP contribution in [0.3, 0.4) is 0 Å². The highest BCUT2D eigenvalue weighted by Crippen LogP contribution is 2.30. The van der Waals surface area contributed by atoms with Gasteiger partial charge in [0.2, 0.25) is 0 Å². The second kappa shape index (κ2) is 10.6. The number of pyridine rings is 2. The number of aryl methyl sites for hydroxylation is 2. The smallest absolute Gasteiger partial charge is 0.130 e. The molecule has 7 heteroatoms. The third-order valence-electron chi connectivity index (χ3n) is 5.83. The van der Waals surface area contributed by atoms with E-state index in [0.29, 0.717) is 12.5 Å². The lowest BCUT2D eigenvalue weighted by Crippen LogP contribution is -2.32. The number of rotatable bonds is 8. The Morgan fingerprint density at radius 3 is 2.53 bits per heavy atom. The summed E-state index contributed by atoms with van der Waals surface area (Å²) in [7, 11) is 1.70. The highest BCUT2D eigenvalue weighted by atomic mass is 16.5. The van der Waals surface area contributed by atoms with Crippen molar-refractivity contribution < 1.29 is 4.74 Å². The highest BCUT2D eigenvalue weighted by molar-refractivity contribution is 5.57. The van der Waals surface area contributed by atoms with Gasteiger partial charge in [0.1, 0.15) is 11.6 Å². The molecular formula is C25H32N6O. The Morgan fingerprint density at radius 2 is 1.81 bits per heavy atom. The molecule has 1 saturated heterocycles. The first-order chi connectivity index (χ1) is 15.6. The minimum Gasteiger partial charge on any atom is -0.384 e. The highest BCUT2D eigenvalue weighted by Gasteiger charge is 2.22. The number of nitrogens with one attached hydrogen (secondary N) is 1. The largest absolute Gasteiger partial charge is 0.384 e. The maximum atomic E-state index is 5.09.